The number of hydrogen-bond donors (Lipinski definition) is 2. The molecule has 0 atom stereocenters. The van der Waals surface area contributed by atoms with E-state index in [2.05, 4.69) is 10.6 Å². The first kappa shape index (κ1) is 14.8. The highest BCUT2D eigenvalue weighted by Crippen LogP contribution is 2.19. The Morgan fingerprint density at radius 3 is 2.95 bits per heavy atom. The van der Waals surface area contributed by atoms with Crippen LogP contribution in [0.2, 0.25) is 0 Å². The maximum Gasteiger partial charge on any atom is 0.225 e. The normalized spacial score (nSPS) is 14.1. The lowest BCUT2D eigenvalue weighted by atomic mass is 10.3. The van der Waals surface area contributed by atoms with Crippen LogP contribution in [-0.4, -0.2) is 38.8 Å². The minimum absolute atomic E-state index is 0.0205. The Kier molecular flexibility index (Phi) is 5.83. The van der Waals surface area contributed by atoms with Gasteiger partial charge in [0.1, 0.15) is 12.4 Å². The van der Waals surface area contributed by atoms with Crippen molar-refractivity contribution in [3.8, 4) is 5.75 Å². The Morgan fingerprint density at radius 1 is 1.35 bits per heavy atom. The van der Waals surface area contributed by atoms with Crippen LogP contribution >= 0.6 is 0 Å². The summed E-state index contributed by atoms with van der Waals surface area (Å²) in [6, 6.07) is 8.04. The molecule has 0 unspecified atom stereocenters. The van der Waals surface area contributed by atoms with E-state index in [0.717, 1.165) is 18.0 Å². The van der Waals surface area contributed by atoms with E-state index in [1.807, 2.05) is 24.3 Å². The Hall–Kier alpha value is -1.59. The van der Waals surface area contributed by atoms with Gasteiger partial charge >= 0.3 is 0 Å². The molecule has 20 heavy (non-hydrogen) atoms. The van der Waals surface area contributed by atoms with Gasteiger partial charge in [0.15, 0.2) is 0 Å². The standard InChI is InChI=1S/C15H22N2O3/c1-19-9-10-20-14-4-2-3-13(11-14)17-15(18)7-8-16-12-5-6-12/h2-4,11-12,16H,5-10H2,1H3,(H,17,18). The van der Waals surface area contributed by atoms with Gasteiger partial charge in [0.05, 0.1) is 6.61 Å². The molecule has 1 amide bonds. The van der Waals surface area contributed by atoms with Gasteiger partial charge in [-0.15, -0.1) is 0 Å². The van der Waals surface area contributed by atoms with E-state index in [1.54, 1.807) is 7.11 Å². The van der Waals surface area contributed by atoms with Crippen LogP contribution in [0, 0.1) is 0 Å². The third kappa shape index (κ3) is 5.59. The van der Waals surface area contributed by atoms with Gasteiger partial charge in [0, 0.05) is 37.9 Å². The fourth-order valence-electron chi connectivity index (χ4n) is 1.81. The number of rotatable bonds is 9. The third-order valence-corrected chi connectivity index (χ3v) is 3.04. The Morgan fingerprint density at radius 2 is 2.20 bits per heavy atom. The van der Waals surface area contributed by atoms with Crippen LogP contribution in [0.25, 0.3) is 0 Å². The number of ether oxygens (including phenoxy) is 2. The number of hydrogen-bond acceptors (Lipinski definition) is 4. The second-order valence-corrected chi connectivity index (χ2v) is 4.90. The molecule has 0 aliphatic heterocycles. The monoisotopic (exact) mass is 278 g/mol. The molecule has 110 valence electrons. The van der Waals surface area contributed by atoms with Crippen LogP contribution in [-0.2, 0) is 9.53 Å². The largest absolute Gasteiger partial charge is 0.491 e. The predicted molar refractivity (Wildman–Crippen MR) is 78.1 cm³/mol. The summed E-state index contributed by atoms with van der Waals surface area (Å²) < 4.78 is 10.4. The van der Waals surface area contributed by atoms with Crippen molar-refractivity contribution >= 4 is 11.6 Å². The van der Waals surface area contributed by atoms with Gasteiger partial charge in [-0.25, -0.2) is 0 Å². The molecule has 1 saturated carbocycles. The summed E-state index contributed by atoms with van der Waals surface area (Å²) in [4.78, 5) is 11.8. The van der Waals surface area contributed by atoms with E-state index in [1.165, 1.54) is 12.8 Å². The summed E-state index contributed by atoms with van der Waals surface area (Å²) in [5.41, 5.74) is 0.760. The summed E-state index contributed by atoms with van der Waals surface area (Å²) in [7, 11) is 1.63. The fourth-order valence-corrected chi connectivity index (χ4v) is 1.81. The van der Waals surface area contributed by atoms with Crippen LogP contribution in [0.4, 0.5) is 5.69 Å². The minimum Gasteiger partial charge on any atom is -0.491 e. The van der Waals surface area contributed by atoms with Crippen LogP contribution in [0.5, 0.6) is 5.75 Å². The van der Waals surface area contributed by atoms with Crippen LogP contribution in [0.3, 0.4) is 0 Å². The van der Waals surface area contributed by atoms with E-state index in [9.17, 15) is 4.79 Å². The van der Waals surface area contributed by atoms with Crippen molar-refractivity contribution in [2.45, 2.75) is 25.3 Å². The highest BCUT2D eigenvalue weighted by atomic mass is 16.5. The molecule has 1 aromatic rings. The Balaban J connectivity index is 1.72. The molecule has 1 aliphatic rings. The van der Waals surface area contributed by atoms with Crippen molar-refractivity contribution in [2.24, 2.45) is 0 Å². The highest BCUT2D eigenvalue weighted by molar-refractivity contribution is 5.91. The molecule has 2 N–H and O–H groups in total. The average Bonchev–Trinajstić information content (AvgIpc) is 3.24. The second kappa shape index (κ2) is 7.87. The number of amides is 1. The maximum absolute atomic E-state index is 11.8. The average molecular weight is 278 g/mol. The third-order valence-electron chi connectivity index (χ3n) is 3.04. The molecule has 0 saturated heterocycles. The molecule has 0 radical (unpaired) electrons. The Bertz CT molecular complexity index is 433. The van der Waals surface area contributed by atoms with Crippen LogP contribution in [0.15, 0.2) is 24.3 Å². The molecule has 0 bridgehead atoms. The van der Waals surface area contributed by atoms with Crippen LogP contribution < -0.4 is 15.4 Å². The van der Waals surface area contributed by atoms with Crippen molar-refractivity contribution in [2.75, 3.05) is 32.2 Å². The summed E-state index contributed by atoms with van der Waals surface area (Å²) in [6.07, 6.45) is 2.97. The number of carbonyl (C=O) groups excluding carboxylic acids is 1. The zero-order chi connectivity index (χ0) is 14.2. The first-order valence-corrected chi connectivity index (χ1v) is 7.03. The molecular weight excluding hydrogens is 256 g/mol. The minimum atomic E-state index is 0.0205. The molecule has 1 aliphatic carbocycles. The van der Waals surface area contributed by atoms with Gasteiger partial charge in [0.2, 0.25) is 5.91 Å². The van der Waals surface area contributed by atoms with E-state index in [4.69, 9.17) is 9.47 Å². The zero-order valence-corrected chi connectivity index (χ0v) is 11.9. The van der Waals surface area contributed by atoms with E-state index in [-0.39, 0.29) is 5.91 Å². The Labute approximate surface area is 119 Å². The zero-order valence-electron chi connectivity index (χ0n) is 11.9. The number of anilines is 1. The number of nitrogens with one attached hydrogen (secondary N) is 2. The molecule has 2 rings (SSSR count). The maximum atomic E-state index is 11.8. The molecule has 0 heterocycles. The number of benzene rings is 1. The van der Waals surface area contributed by atoms with E-state index < -0.39 is 0 Å². The highest BCUT2D eigenvalue weighted by Gasteiger charge is 2.20. The smallest absolute Gasteiger partial charge is 0.225 e. The van der Waals surface area contributed by atoms with E-state index >= 15 is 0 Å². The van der Waals surface area contributed by atoms with Gasteiger partial charge in [-0.2, -0.15) is 0 Å². The van der Waals surface area contributed by atoms with Gasteiger partial charge in [-0.1, -0.05) is 6.07 Å². The molecule has 1 fully saturated rings. The lowest BCUT2D eigenvalue weighted by molar-refractivity contribution is -0.116. The first-order chi connectivity index (χ1) is 9.78. The predicted octanol–water partition coefficient (Wildman–Crippen LogP) is 1.79. The van der Waals surface area contributed by atoms with Crippen molar-refractivity contribution in [3.63, 3.8) is 0 Å². The summed E-state index contributed by atoms with van der Waals surface area (Å²) >= 11 is 0. The fraction of sp³-hybridized carbons (Fsp3) is 0.533. The lowest BCUT2D eigenvalue weighted by Gasteiger charge is -2.09. The van der Waals surface area contributed by atoms with Crippen molar-refractivity contribution in [1.29, 1.82) is 0 Å². The van der Waals surface area contributed by atoms with Gasteiger partial charge in [0.25, 0.3) is 0 Å². The summed E-state index contributed by atoms with van der Waals surface area (Å²) in [6.45, 7) is 1.78. The van der Waals surface area contributed by atoms with Crippen LogP contribution in [0.1, 0.15) is 19.3 Å². The molecule has 0 spiro atoms. The summed E-state index contributed by atoms with van der Waals surface area (Å²) in [5, 5.41) is 6.20. The van der Waals surface area contributed by atoms with Gasteiger partial charge < -0.3 is 20.1 Å². The topological polar surface area (TPSA) is 59.6 Å². The SMILES string of the molecule is COCCOc1cccc(NC(=O)CCNC2CC2)c1. The first-order valence-electron chi connectivity index (χ1n) is 7.03. The summed E-state index contributed by atoms with van der Waals surface area (Å²) in [5.74, 6) is 0.753. The lowest BCUT2D eigenvalue weighted by Crippen LogP contribution is -2.23. The molecule has 0 aromatic heterocycles. The molecular formula is C15H22N2O3. The van der Waals surface area contributed by atoms with Gasteiger partial charge in [-0.05, 0) is 25.0 Å². The molecule has 1 aromatic carbocycles. The molecule has 5 nitrogen and oxygen atoms in total. The van der Waals surface area contributed by atoms with Gasteiger partial charge in [-0.3, -0.25) is 4.79 Å². The molecule has 5 heteroatoms. The quantitative estimate of drug-likeness (QED) is 0.676. The van der Waals surface area contributed by atoms with Crippen molar-refractivity contribution in [3.05, 3.63) is 24.3 Å². The number of carbonyl (C=O) groups is 1. The number of methoxy groups -OCH3 is 1. The second-order valence-electron chi connectivity index (χ2n) is 4.90. The van der Waals surface area contributed by atoms with E-state index in [0.29, 0.717) is 25.7 Å². The van der Waals surface area contributed by atoms with Crippen molar-refractivity contribution < 1.29 is 14.3 Å². The van der Waals surface area contributed by atoms with Crippen molar-refractivity contribution in [1.82, 2.24) is 5.32 Å².